The molecule has 254 valence electrons. The van der Waals surface area contributed by atoms with Crippen molar-refractivity contribution in [2.24, 2.45) is 0 Å². The molecule has 8 aromatic carbocycles. The number of nitrogens with zero attached hydrogens (tertiary/aromatic N) is 3. The highest BCUT2D eigenvalue weighted by Gasteiger charge is 2.37. The molecule has 0 radical (unpaired) electrons. The molecule has 1 aliphatic rings. The van der Waals surface area contributed by atoms with Crippen molar-refractivity contribution in [1.82, 2.24) is 15.0 Å². The van der Waals surface area contributed by atoms with E-state index in [2.05, 4.69) is 159 Å². The van der Waals surface area contributed by atoms with E-state index in [4.69, 9.17) is 19.4 Å². The van der Waals surface area contributed by atoms with Crippen molar-refractivity contribution in [3.8, 4) is 56.4 Å². The average molecular weight is 692 g/mol. The highest BCUT2D eigenvalue weighted by molar-refractivity contribution is 6.18. The maximum Gasteiger partial charge on any atom is 0.164 e. The summed E-state index contributed by atoms with van der Waals surface area (Å²) in [6.45, 7) is 4.61. The van der Waals surface area contributed by atoms with E-state index in [-0.39, 0.29) is 5.41 Å². The van der Waals surface area contributed by atoms with Crippen molar-refractivity contribution in [1.29, 1.82) is 0 Å². The van der Waals surface area contributed by atoms with Crippen molar-refractivity contribution in [3.05, 3.63) is 175 Å². The molecule has 0 aliphatic heterocycles. The standard InChI is InChI=1S/C50H33N3O/c1-50(2)41-23-11-10-20-38(41)45-39(22-12-24-42(45)50)49-52-47(30-14-4-3-5-15-30)51-48(53-49)37-27-26-35(33-18-8-9-19-34(33)37)36-21-13-25-43-46(36)40-28-31-16-6-7-17-32(31)29-44(40)54-43/h3-29H,1-2H3. The van der Waals surface area contributed by atoms with Gasteiger partial charge in [-0.2, -0.15) is 0 Å². The van der Waals surface area contributed by atoms with Crippen LogP contribution in [0.25, 0.3) is 99.9 Å². The molecule has 2 aromatic heterocycles. The lowest BCUT2D eigenvalue weighted by atomic mass is 9.82. The predicted octanol–water partition coefficient (Wildman–Crippen LogP) is 13.1. The summed E-state index contributed by atoms with van der Waals surface area (Å²) in [5, 5.41) is 6.79. The Balaban J connectivity index is 1.14. The van der Waals surface area contributed by atoms with E-state index in [1.807, 2.05) is 18.2 Å². The Morgan fingerprint density at radius 1 is 0.407 bits per heavy atom. The minimum absolute atomic E-state index is 0.137. The van der Waals surface area contributed by atoms with Crippen LogP contribution in [0.1, 0.15) is 25.0 Å². The second-order valence-corrected chi connectivity index (χ2v) is 14.8. The van der Waals surface area contributed by atoms with Gasteiger partial charge in [0.1, 0.15) is 11.2 Å². The molecule has 11 rings (SSSR count). The lowest BCUT2D eigenvalue weighted by Gasteiger charge is -2.21. The Morgan fingerprint density at radius 2 is 1.00 bits per heavy atom. The molecule has 10 aromatic rings. The lowest BCUT2D eigenvalue weighted by Crippen LogP contribution is -2.14. The highest BCUT2D eigenvalue weighted by atomic mass is 16.3. The van der Waals surface area contributed by atoms with Crippen LogP contribution in [0, 0.1) is 0 Å². The van der Waals surface area contributed by atoms with Crippen molar-refractivity contribution < 1.29 is 4.42 Å². The van der Waals surface area contributed by atoms with Crippen LogP contribution < -0.4 is 0 Å². The first-order valence-electron chi connectivity index (χ1n) is 18.4. The van der Waals surface area contributed by atoms with Crippen LogP contribution >= 0.6 is 0 Å². The van der Waals surface area contributed by atoms with Gasteiger partial charge in [0.15, 0.2) is 17.5 Å². The van der Waals surface area contributed by atoms with Crippen LogP contribution in [-0.2, 0) is 5.41 Å². The fraction of sp³-hybridized carbons (Fsp3) is 0.0600. The fourth-order valence-corrected chi connectivity index (χ4v) is 8.74. The number of hydrogen-bond acceptors (Lipinski definition) is 4. The third-order valence-electron chi connectivity index (χ3n) is 11.3. The Hall–Kier alpha value is -6.91. The van der Waals surface area contributed by atoms with Gasteiger partial charge in [-0.05, 0) is 79.2 Å². The Kier molecular flexibility index (Phi) is 6.56. The first-order valence-corrected chi connectivity index (χ1v) is 18.4. The second-order valence-electron chi connectivity index (χ2n) is 14.8. The molecular formula is C50H33N3O. The molecule has 1 aliphatic carbocycles. The first kappa shape index (κ1) is 30.7. The van der Waals surface area contributed by atoms with Crippen LogP contribution in [-0.4, -0.2) is 15.0 Å². The number of fused-ring (bicyclic) bond motifs is 8. The normalized spacial score (nSPS) is 13.1. The van der Waals surface area contributed by atoms with E-state index < -0.39 is 0 Å². The third-order valence-corrected chi connectivity index (χ3v) is 11.3. The molecule has 4 nitrogen and oxygen atoms in total. The van der Waals surface area contributed by atoms with Gasteiger partial charge in [-0.25, -0.2) is 15.0 Å². The Morgan fingerprint density at radius 3 is 1.83 bits per heavy atom. The molecule has 0 bridgehead atoms. The van der Waals surface area contributed by atoms with Gasteiger partial charge in [0.2, 0.25) is 0 Å². The van der Waals surface area contributed by atoms with E-state index in [0.29, 0.717) is 17.5 Å². The van der Waals surface area contributed by atoms with Crippen LogP contribution in [0.5, 0.6) is 0 Å². The molecule has 0 N–H and O–H groups in total. The van der Waals surface area contributed by atoms with Crippen LogP contribution in [0.3, 0.4) is 0 Å². The van der Waals surface area contributed by atoms with Gasteiger partial charge in [0, 0.05) is 32.9 Å². The summed E-state index contributed by atoms with van der Waals surface area (Å²) in [5.74, 6) is 1.95. The molecule has 54 heavy (non-hydrogen) atoms. The van der Waals surface area contributed by atoms with Gasteiger partial charge >= 0.3 is 0 Å². The number of aromatic nitrogens is 3. The molecular weight excluding hydrogens is 659 g/mol. The largest absolute Gasteiger partial charge is 0.456 e. The summed E-state index contributed by atoms with van der Waals surface area (Å²) in [6.07, 6.45) is 0. The van der Waals surface area contributed by atoms with Crippen molar-refractivity contribution >= 4 is 43.5 Å². The zero-order valence-electron chi connectivity index (χ0n) is 29.8. The monoisotopic (exact) mass is 691 g/mol. The Bertz CT molecular complexity index is 3140. The molecule has 0 spiro atoms. The summed E-state index contributed by atoms with van der Waals surface area (Å²) >= 11 is 0. The second kappa shape index (κ2) is 11.5. The van der Waals surface area contributed by atoms with Crippen molar-refractivity contribution in [2.75, 3.05) is 0 Å². The van der Waals surface area contributed by atoms with Crippen LogP contribution in [0.15, 0.2) is 168 Å². The number of benzene rings is 8. The third kappa shape index (κ3) is 4.53. The van der Waals surface area contributed by atoms with Gasteiger partial charge in [0.05, 0.1) is 0 Å². The maximum absolute atomic E-state index is 6.48. The predicted molar refractivity (Wildman–Crippen MR) is 221 cm³/mol. The van der Waals surface area contributed by atoms with Gasteiger partial charge in [-0.1, -0.05) is 153 Å². The minimum Gasteiger partial charge on any atom is -0.456 e. The average Bonchev–Trinajstić information content (AvgIpc) is 3.71. The molecule has 0 atom stereocenters. The van der Waals surface area contributed by atoms with E-state index in [0.717, 1.165) is 60.5 Å². The van der Waals surface area contributed by atoms with E-state index in [1.165, 1.54) is 33.0 Å². The zero-order chi connectivity index (χ0) is 36.0. The van der Waals surface area contributed by atoms with Crippen LogP contribution in [0.2, 0.25) is 0 Å². The van der Waals surface area contributed by atoms with Crippen molar-refractivity contribution in [2.45, 2.75) is 19.3 Å². The quantitative estimate of drug-likeness (QED) is 0.184. The first-order chi connectivity index (χ1) is 26.5. The summed E-state index contributed by atoms with van der Waals surface area (Å²) in [6, 6.07) is 57.7. The maximum atomic E-state index is 6.48. The summed E-state index contributed by atoms with van der Waals surface area (Å²) < 4.78 is 6.48. The van der Waals surface area contributed by atoms with E-state index >= 15 is 0 Å². The van der Waals surface area contributed by atoms with E-state index in [9.17, 15) is 0 Å². The summed E-state index contributed by atoms with van der Waals surface area (Å²) in [5.41, 5.74) is 11.8. The SMILES string of the molecule is CC1(C)c2ccccc2-c2c(-c3nc(-c4ccccc4)nc(-c4ccc(-c5cccc6oc7cc8ccccc8cc7c56)c5ccccc45)n3)cccc21. The molecule has 0 amide bonds. The van der Waals surface area contributed by atoms with Gasteiger partial charge in [-0.15, -0.1) is 0 Å². The van der Waals surface area contributed by atoms with Gasteiger partial charge in [0.25, 0.3) is 0 Å². The molecule has 0 fully saturated rings. The smallest absolute Gasteiger partial charge is 0.164 e. The Labute approximate surface area is 312 Å². The highest BCUT2D eigenvalue weighted by Crippen LogP contribution is 2.52. The van der Waals surface area contributed by atoms with Crippen LogP contribution in [0.4, 0.5) is 0 Å². The number of rotatable bonds is 4. The molecule has 2 heterocycles. The fourth-order valence-electron chi connectivity index (χ4n) is 8.74. The molecule has 0 saturated heterocycles. The van der Waals surface area contributed by atoms with E-state index in [1.54, 1.807) is 0 Å². The zero-order valence-corrected chi connectivity index (χ0v) is 29.8. The topological polar surface area (TPSA) is 51.8 Å². The molecule has 4 heteroatoms. The van der Waals surface area contributed by atoms with Gasteiger partial charge < -0.3 is 4.42 Å². The minimum atomic E-state index is -0.137. The van der Waals surface area contributed by atoms with Crippen molar-refractivity contribution in [3.63, 3.8) is 0 Å². The summed E-state index contributed by atoms with van der Waals surface area (Å²) in [7, 11) is 0. The van der Waals surface area contributed by atoms with Gasteiger partial charge in [-0.3, -0.25) is 0 Å². The molecule has 0 unspecified atom stereocenters. The number of hydrogen-bond donors (Lipinski definition) is 0. The number of furan rings is 1. The summed E-state index contributed by atoms with van der Waals surface area (Å²) in [4.78, 5) is 15.7. The lowest BCUT2D eigenvalue weighted by molar-refractivity contribution is 0.660. The molecule has 0 saturated carbocycles.